The van der Waals surface area contributed by atoms with Crippen molar-refractivity contribution in [1.82, 2.24) is 4.90 Å². The summed E-state index contributed by atoms with van der Waals surface area (Å²) in [6.07, 6.45) is 13.4. The van der Waals surface area contributed by atoms with Crippen LogP contribution in [0.2, 0.25) is 0 Å². The van der Waals surface area contributed by atoms with Crippen molar-refractivity contribution in [3.05, 3.63) is 59.7 Å². The van der Waals surface area contributed by atoms with Gasteiger partial charge in [-0.15, -0.1) is 0 Å². The minimum atomic E-state index is 0.669. The highest BCUT2D eigenvalue weighted by Gasteiger charge is 2.20. The van der Waals surface area contributed by atoms with E-state index in [4.69, 9.17) is 9.47 Å². The van der Waals surface area contributed by atoms with Gasteiger partial charge >= 0.3 is 0 Å². The molecule has 1 fully saturated rings. The smallest absolute Gasteiger partial charge is 0.122 e. The number of unbranched alkanes of at least 4 members (excludes halogenated alkanes) is 5. The molecule has 1 saturated heterocycles. The van der Waals surface area contributed by atoms with E-state index < -0.39 is 0 Å². The van der Waals surface area contributed by atoms with Crippen molar-refractivity contribution < 1.29 is 9.47 Å². The van der Waals surface area contributed by atoms with Crippen LogP contribution in [0.5, 0.6) is 11.5 Å². The summed E-state index contributed by atoms with van der Waals surface area (Å²) >= 11 is 0. The van der Waals surface area contributed by atoms with E-state index in [1.54, 1.807) is 0 Å². The van der Waals surface area contributed by atoms with Gasteiger partial charge in [-0.05, 0) is 81.4 Å². The van der Waals surface area contributed by atoms with E-state index in [-0.39, 0.29) is 0 Å². The SMILES string of the molecule is CCCCCCCCOc1ccc(OCCC2CCCN2C)c(CCc2ccccc2)c1. The lowest BCUT2D eigenvalue weighted by Gasteiger charge is -2.20. The monoisotopic (exact) mass is 437 g/mol. The Bertz CT molecular complexity index is 761. The zero-order valence-electron chi connectivity index (χ0n) is 20.4. The molecule has 32 heavy (non-hydrogen) atoms. The molecule has 1 atom stereocenters. The van der Waals surface area contributed by atoms with E-state index in [1.165, 1.54) is 62.6 Å². The van der Waals surface area contributed by atoms with Crippen molar-refractivity contribution >= 4 is 0 Å². The third-order valence-electron chi connectivity index (χ3n) is 6.70. The van der Waals surface area contributed by atoms with Gasteiger partial charge in [-0.1, -0.05) is 69.4 Å². The summed E-state index contributed by atoms with van der Waals surface area (Å²) in [5.41, 5.74) is 2.62. The van der Waals surface area contributed by atoms with Gasteiger partial charge < -0.3 is 14.4 Å². The summed E-state index contributed by atoms with van der Waals surface area (Å²) in [7, 11) is 2.24. The van der Waals surface area contributed by atoms with Crippen molar-refractivity contribution in [2.75, 3.05) is 26.8 Å². The first kappa shape index (κ1) is 24.6. The zero-order valence-corrected chi connectivity index (χ0v) is 20.4. The van der Waals surface area contributed by atoms with E-state index in [2.05, 4.69) is 67.4 Å². The largest absolute Gasteiger partial charge is 0.494 e. The summed E-state index contributed by atoms with van der Waals surface area (Å²) in [5.74, 6) is 2.00. The highest BCUT2D eigenvalue weighted by molar-refractivity contribution is 5.41. The second kappa shape index (κ2) is 14.2. The lowest BCUT2D eigenvalue weighted by molar-refractivity contribution is 0.232. The van der Waals surface area contributed by atoms with Gasteiger partial charge in [0.1, 0.15) is 11.5 Å². The molecule has 0 spiro atoms. The molecule has 2 aromatic carbocycles. The topological polar surface area (TPSA) is 21.7 Å². The van der Waals surface area contributed by atoms with Crippen LogP contribution in [0.25, 0.3) is 0 Å². The Kier molecular flexibility index (Phi) is 10.9. The summed E-state index contributed by atoms with van der Waals surface area (Å²) in [6, 6.07) is 17.8. The van der Waals surface area contributed by atoms with Crippen molar-refractivity contribution in [3.63, 3.8) is 0 Å². The number of hydrogen-bond donors (Lipinski definition) is 0. The Hall–Kier alpha value is -2.00. The van der Waals surface area contributed by atoms with Gasteiger partial charge in [-0.3, -0.25) is 0 Å². The normalized spacial score (nSPS) is 16.4. The molecule has 1 aliphatic heterocycles. The van der Waals surface area contributed by atoms with Gasteiger partial charge in [-0.25, -0.2) is 0 Å². The summed E-state index contributed by atoms with van der Waals surface area (Å²) in [4.78, 5) is 2.47. The first-order valence-electron chi connectivity index (χ1n) is 12.9. The maximum Gasteiger partial charge on any atom is 0.122 e. The van der Waals surface area contributed by atoms with Gasteiger partial charge in [0.25, 0.3) is 0 Å². The third kappa shape index (κ3) is 8.50. The molecule has 3 nitrogen and oxygen atoms in total. The van der Waals surface area contributed by atoms with Gasteiger partial charge in [-0.2, -0.15) is 0 Å². The Labute approximate surface area is 196 Å². The standard InChI is InChI=1S/C29H43NO2/c1-3-4-5-6-7-11-22-31-28-18-19-29(32-23-20-27-15-12-21-30(27)2)26(24-28)17-16-25-13-9-8-10-14-25/h8-10,13-14,18-19,24,27H,3-7,11-12,15-17,20-23H2,1-2H3. The highest BCUT2D eigenvalue weighted by atomic mass is 16.5. The first-order valence-corrected chi connectivity index (χ1v) is 12.9. The molecular weight excluding hydrogens is 394 g/mol. The lowest BCUT2D eigenvalue weighted by Crippen LogP contribution is -2.26. The van der Waals surface area contributed by atoms with Crippen molar-refractivity contribution in [2.45, 2.75) is 83.6 Å². The quantitative estimate of drug-likeness (QED) is 0.278. The second-order valence-electron chi connectivity index (χ2n) is 9.29. The van der Waals surface area contributed by atoms with E-state index in [0.29, 0.717) is 6.04 Å². The van der Waals surface area contributed by atoms with E-state index in [0.717, 1.165) is 50.4 Å². The number of hydrogen-bond acceptors (Lipinski definition) is 3. The van der Waals surface area contributed by atoms with Crippen molar-refractivity contribution in [3.8, 4) is 11.5 Å². The van der Waals surface area contributed by atoms with Gasteiger partial charge in [0.05, 0.1) is 13.2 Å². The fourth-order valence-corrected chi connectivity index (χ4v) is 4.63. The molecule has 0 amide bonds. The fourth-order valence-electron chi connectivity index (χ4n) is 4.63. The number of aryl methyl sites for hydroxylation is 2. The van der Waals surface area contributed by atoms with Crippen LogP contribution in [0.4, 0.5) is 0 Å². The first-order chi connectivity index (χ1) is 15.8. The van der Waals surface area contributed by atoms with Crippen LogP contribution in [0.3, 0.4) is 0 Å². The Morgan fingerprint density at radius 3 is 2.47 bits per heavy atom. The Balaban J connectivity index is 1.53. The van der Waals surface area contributed by atoms with Gasteiger partial charge in [0.2, 0.25) is 0 Å². The molecule has 1 heterocycles. The zero-order chi connectivity index (χ0) is 22.4. The minimum absolute atomic E-state index is 0.669. The van der Waals surface area contributed by atoms with Crippen LogP contribution in [0.1, 0.15) is 75.8 Å². The van der Waals surface area contributed by atoms with Crippen LogP contribution in [0.15, 0.2) is 48.5 Å². The summed E-state index contributed by atoms with van der Waals surface area (Å²) in [6.45, 7) is 5.07. The molecule has 1 unspecified atom stereocenters. The van der Waals surface area contributed by atoms with E-state index in [1.807, 2.05) is 0 Å². The molecule has 3 heteroatoms. The number of likely N-dealkylation sites (tertiary alicyclic amines) is 1. The van der Waals surface area contributed by atoms with Gasteiger partial charge in [0.15, 0.2) is 0 Å². The van der Waals surface area contributed by atoms with E-state index in [9.17, 15) is 0 Å². The van der Waals surface area contributed by atoms with Crippen molar-refractivity contribution in [1.29, 1.82) is 0 Å². The molecule has 1 aliphatic rings. The molecule has 0 saturated carbocycles. The maximum atomic E-state index is 6.29. The van der Waals surface area contributed by atoms with Crippen LogP contribution < -0.4 is 9.47 Å². The minimum Gasteiger partial charge on any atom is -0.494 e. The second-order valence-corrected chi connectivity index (χ2v) is 9.29. The molecule has 3 rings (SSSR count). The van der Waals surface area contributed by atoms with Crippen LogP contribution in [0, 0.1) is 0 Å². The average molecular weight is 438 g/mol. The molecule has 176 valence electrons. The molecule has 0 radical (unpaired) electrons. The van der Waals surface area contributed by atoms with Gasteiger partial charge in [0, 0.05) is 6.04 Å². The number of benzene rings is 2. The number of ether oxygens (including phenoxy) is 2. The molecule has 2 aromatic rings. The molecule has 0 N–H and O–H groups in total. The maximum absolute atomic E-state index is 6.29. The Morgan fingerprint density at radius 1 is 0.875 bits per heavy atom. The molecular formula is C29H43NO2. The average Bonchev–Trinajstić information content (AvgIpc) is 3.23. The predicted molar refractivity (Wildman–Crippen MR) is 135 cm³/mol. The van der Waals surface area contributed by atoms with Crippen LogP contribution in [-0.2, 0) is 12.8 Å². The highest BCUT2D eigenvalue weighted by Crippen LogP contribution is 2.27. The van der Waals surface area contributed by atoms with Crippen LogP contribution in [-0.4, -0.2) is 37.7 Å². The predicted octanol–water partition coefficient (Wildman–Crippen LogP) is 7.07. The Morgan fingerprint density at radius 2 is 1.69 bits per heavy atom. The van der Waals surface area contributed by atoms with E-state index >= 15 is 0 Å². The lowest BCUT2D eigenvalue weighted by atomic mass is 10.0. The molecule has 0 aliphatic carbocycles. The molecule has 0 aromatic heterocycles. The summed E-state index contributed by atoms with van der Waals surface area (Å²) in [5, 5.41) is 0. The summed E-state index contributed by atoms with van der Waals surface area (Å²) < 4.78 is 12.4. The third-order valence-corrected chi connectivity index (χ3v) is 6.70. The number of nitrogens with zero attached hydrogens (tertiary/aromatic N) is 1. The van der Waals surface area contributed by atoms with Crippen LogP contribution >= 0.6 is 0 Å². The fraction of sp³-hybridized carbons (Fsp3) is 0.586. The number of rotatable bonds is 15. The van der Waals surface area contributed by atoms with Crippen molar-refractivity contribution in [2.24, 2.45) is 0 Å². The molecule has 0 bridgehead atoms.